The number of amides is 2. The van der Waals surface area contributed by atoms with Crippen molar-refractivity contribution in [2.45, 2.75) is 26.8 Å². The lowest BCUT2D eigenvalue weighted by Gasteiger charge is -2.28. The zero-order valence-electron chi connectivity index (χ0n) is 14.5. The number of aromatic hydroxyl groups is 1. The summed E-state index contributed by atoms with van der Waals surface area (Å²) in [6.07, 6.45) is 0. The van der Waals surface area contributed by atoms with Gasteiger partial charge in [-0.25, -0.2) is 9.59 Å². The molecular formula is C17H21ClN2O5. The maximum Gasteiger partial charge on any atom is 0.338 e. The zero-order valence-corrected chi connectivity index (χ0v) is 15.2. The van der Waals surface area contributed by atoms with Crippen LogP contribution in [-0.4, -0.2) is 30.8 Å². The number of urea groups is 1. The largest absolute Gasteiger partial charge is 0.503 e. The normalized spacial score (nSPS) is 17.2. The topological polar surface area (TPSA) is 96.9 Å². The standard InChI is InChI=1S/C17H21ClN2O5/c1-8(2)7-25-16(22)13-9(3)19-17(23)20-14(13)10-5-11(18)15(21)12(6-10)24-4/h5-6,8,14,21H,7H2,1-4H3,(H2,19,20,23)/t14-/m0/s1. The predicted molar refractivity (Wildman–Crippen MR) is 92.6 cm³/mol. The van der Waals surface area contributed by atoms with E-state index >= 15 is 0 Å². The first kappa shape index (κ1) is 18.9. The quantitative estimate of drug-likeness (QED) is 0.694. The Morgan fingerprint density at radius 2 is 2.08 bits per heavy atom. The van der Waals surface area contributed by atoms with Crippen molar-refractivity contribution in [2.75, 3.05) is 13.7 Å². The Morgan fingerprint density at radius 1 is 1.40 bits per heavy atom. The first-order valence-electron chi connectivity index (χ1n) is 7.76. The number of benzene rings is 1. The van der Waals surface area contributed by atoms with Gasteiger partial charge in [0, 0.05) is 5.70 Å². The first-order chi connectivity index (χ1) is 11.7. The lowest BCUT2D eigenvalue weighted by molar-refractivity contribution is -0.140. The van der Waals surface area contributed by atoms with Gasteiger partial charge in [-0.05, 0) is 30.5 Å². The molecule has 1 aromatic carbocycles. The van der Waals surface area contributed by atoms with E-state index in [9.17, 15) is 14.7 Å². The molecule has 1 aliphatic heterocycles. The van der Waals surface area contributed by atoms with Gasteiger partial charge in [-0.3, -0.25) is 0 Å². The average molecular weight is 369 g/mol. The molecule has 0 radical (unpaired) electrons. The van der Waals surface area contributed by atoms with Crippen molar-refractivity contribution in [1.82, 2.24) is 10.6 Å². The SMILES string of the molecule is COc1cc([C@@H]2NC(=O)NC(C)=C2C(=O)OCC(C)C)cc(Cl)c1O. The Hall–Kier alpha value is -2.41. The van der Waals surface area contributed by atoms with Gasteiger partial charge in [0.1, 0.15) is 0 Å². The van der Waals surface area contributed by atoms with E-state index in [0.29, 0.717) is 11.3 Å². The van der Waals surface area contributed by atoms with Crippen LogP contribution in [-0.2, 0) is 9.53 Å². The van der Waals surface area contributed by atoms with E-state index in [-0.39, 0.29) is 34.6 Å². The summed E-state index contributed by atoms with van der Waals surface area (Å²) in [6, 6.07) is 1.76. The molecule has 2 rings (SSSR count). The lowest BCUT2D eigenvalue weighted by Crippen LogP contribution is -2.45. The second-order valence-corrected chi connectivity index (χ2v) is 6.52. The summed E-state index contributed by atoms with van der Waals surface area (Å²) >= 11 is 6.03. The number of hydrogen-bond acceptors (Lipinski definition) is 5. The molecule has 1 atom stereocenters. The fraction of sp³-hybridized carbons (Fsp3) is 0.412. The molecule has 1 heterocycles. The van der Waals surface area contributed by atoms with E-state index in [1.807, 2.05) is 13.8 Å². The summed E-state index contributed by atoms with van der Waals surface area (Å²) in [5, 5.41) is 15.2. The number of esters is 1. The summed E-state index contributed by atoms with van der Waals surface area (Å²) in [7, 11) is 1.38. The molecule has 1 aromatic rings. The van der Waals surface area contributed by atoms with Gasteiger partial charge < -0.3 is 25.2 Å². The van der Waals surface area contributed by atoms with Gasteiger partial charge in [0.15, 0.2) is 11.5 Å². The predicted octanol–water partition coefficient (Wildman–Crippen LogP) is 2.88. The molecule has 0 fully saturated rings. The van der Waals surface area contributed by atoms with Gasteiger partial charge in [0.05, 0.1) is 30.4 Å². The summed E-state index contributed by atoms with van der Waals surface area (Å²) in [5.74, 6) is -0.426. The van der Waals surface area contributed by atoms with E-state index in [2.05, 4.69) is 10.6 Å². The number of halogens is 1. The van der Waals surface area contributed by atoms with E-state index in [4.69, 9.17) is 21.1 Å². The van der Waals surface area contributed by atoms with Crippen molar-refractivity contribution < 1.29 is 24.2 Å². The smallest absolute Gasteiger partial charge is 0.338 e. The summed E-state index contributed by atoms with van der Waals surface area (Å²) in [6.45, 7) is 5.74. The number of nitrogens with one attached hydrogen (secondary N) is 2. The number of phenolic OH excluding ortho intramolecular Hbond substituents is 1. The molecule has 2 amide bonds. The highest BCUT2D eigenvalue weighted by molar-refractivity contribution is 6.32. The Kier molecular flexibility index (Phi) is 5.79. The number of allylic oxidation sites excluding steroid dienone is 1. The number of rotatable bonds is 5. The van der Waals surface area contributed by atoms with Gasteiger partial charge >= 0.3 is 12.0 Å². The van der Waals surface area contributed by atoms with Gasteiger partial charge in [-0.2, -0.15) is 0 Å². The maximum absolute atomic E-state index is 12.5. The molecule has 0 spiro atoms. The van der Waals surface area contributed by atoms with Crippen LogP contribution in [0.1, 0.15) is 32.4 Å². The molecule has 0 aliphatic carbocycles. The van der Waals surface area contributed by atoms with Gasteiger partial charge in [-0.1, -0.05) is 25.4 Å². The summed E-state index contributed by atoms with van der Waals surface area (Å²) in [4.78, 5) is 24.4. The Balaban J connectivity index is 2.46. The Morgan fingerprint density at radius 3 is 2.68 bits per heavy atom. The van der Waals surface area contributed by atoms with Crippen LogP contribution in [0.2, 0.25) is 5.02 Å². The second kappa shape index (κ2) is 7.65. The van der Waals surface area contributed by atoms with Crippen LogP contribution in [0.25, 0.3) is 0 Å². The molecule has 3 N–H and O–H groups in total. The lowest BCUT2D eigenvalue weighted by atomic mass is 9.95. The van der Waals surface area contributed by atoms with Crippen molar-refractivity contribution in [3.63, 3.8) is 0 Å². The molecule has 136 valence electrons. The van der Waals surface area contributed by atoms with Gasteiger partial charge in [0.25, 0.3) is 0 Å². The van der Waals surface area contributed by atoms with Crippen molar-refractivity contribution in [2.24, 2.45) is 5.92 Å². The molecule has 0 saturated carbocycles. The third kappa shape index (κ3) is 4.17. The van der Waals surface area contributed by atoms with E-state index < -0.39 is 18.0 Å². The molecule has 0 unspecified atom stereocenters. The minimum atomic E-state index is -0.777. The molecule has 7 nitrogen and oxygen atoms in total. The maximum atomic E-state index is 12.5. The molecule has 0 aromatic heterocycles. The highest BCUT2D eigenvalue weighted by Crippen LogP contribution is 2.39. The van der Waals surface area contributed by atoms with E-state index in [0.717, 1.165) is 0 Å². The van der Waals surface area contributed by atoms with Crippen LogP contribution in [0.4, 0.5) is 4.79 Å². The van der Waals surface area contributed by atoms with Crippen molar-refractivity contribution in [1.29, 1.82) is 0 Å². The van der Waals surface area contributed by atoms with Gasteiger partial charge in [0.2, 0.25) is 0 Å². The summed E-state index contributed by atoms with van der Waals surface area (Å²) < 4.78 is 10.4. The Bertz CT molecular complexity index is 730. The van der Waals surface area contributed by atoms with Crippen LogP contribution in [0, 0.1) is 5.92 Å². The number of carbonyl (C=O) groups excluding carboxylic acids is 2. The third-order valence-corrected chi connectivity index (χ3v) is 3.93. The Labute approximate surface area is 150 Å². The van der Waals surface area contributed by atoms with Crippen LogP contribution in [0.3, 0.4) is 0 Å². The average Bonchev–Trinajstić information content (AvgIpc) is 2.54. The van der Waals surface area contributed by atoms with Crippen LogP contribution in [0.5, 0.6) is 11.5 Å². The fourth-order valence-electron chi connectivity index (χ4n) is 2.45. The minimum Gasteiger partial charge on any atom is -0.503 e. The van der Waals surface area contributed by atoms with Crippen LogP contribution < -0.4 is 15.4 Å². The highest BCUT2D eigenvalue weighted by Gasteiger charge is 2.33. The van der Waals surface area contributed by atoms with Crippen molar-refractivity contribution in [3.8, 4) is 11.5 Å². The van der Waals surface area contributed by atoms with Crippen LogP contribution in [0.15, 0.2) is 23.4 Å². The van der Waals surface area contributed by atoms with E-state index in [1.54, 1.807) is 6.92 Å². The number of carbonyl (C=O) groups is 2. The summed E-state index contributed by atoms with van der Waals surface area (Å²) in [5.41, 5.74) is 1.15. The molecular weight excluding hydrogens is 348 g/mol. The number of ether oxygens (including phenoxy) is 2. The zero-order chi connectivity index (χ0) is 18.7. The molecule has 0 saturated heterocycles. The highest BCUT2D eigenvalue weighted by atomic mass is 35.5. The molecule has 0 bridgehead atoms. The number of hydrogen-bond donors (Lipinski definition) is 3. The van der Waals surface area contributed by atoms with Gasteiger partial charge in [-0.15, -0.1) is 0 Å². The van der Waals surface area contributed by atoms with E-state index in [1.165, 1.54) is 19.2 Å². The monoisotopic (exact) mass is 368 g/mol. The number of phenols is 1. The van der Waals surface area contributed by atoms with Crippen molar-refractivity contribution in [3.05, 3.63) is 34.0 Å². The minimum absolute atomic E-state index is 0.0506. The van der Waals surface area contributed by atoms with Crippen LogP contribution >= 0.6 is 11.6 Å². The molecule has 1 aliphatic rings. The molecule has 8 heteroatoms. The second-order valence-electron chi connectivity index (χ2n) is 6.12. The fourth-order valence-corrected chi connectivity index (χ4v) is 2.67. The molecule has 25 heavy (non-hydrogen) atoms. The first-order valence-corrected chi connectivity index (χ1v) is 8.14. The number of methoxy groups -OCH3 is 1. The van der Waals surface area contributed by atoms with Crippen molar-refractivity contribution >= 4 is 23.6 Å². The third-order valence-electron chi connectivity index (χ3n) is 3.64.